The van der Waals surface area contributed by atoms with E-state index in [-0.39, 0.29) is 24.9 Å². The lowest BCUT2D eigenvalue weighted by Crippen LogP contribution is -2.54. The topological polar surface area (TPSA) is 86.8 Å². The van der Waals surface area contributed by atoms with Gasteiger partial charge in [-0.2, -0.15) is 0 Å². The molecular weight excluding hydrogens is 546 g/mol. The molecule has 3 aromatic carbocycles. The first-order valence-electron chi connectivity index (χ1n) is 13.5. The molecule has 214 valence electrons. The van der Waals surface area contributed by atoms with E-state index in [2.05, 4.69) is 5.32 Å². The molecule has 3 rings (SSSR count). The van der Waals surface area contributed by atoms with Crippen molar-refractivity contribution < 1.29 is 18.0 Å². The zero-order valence-electron chi connectivity index (χ0n) is 23.5. The largest absolute Gasteiger partial charge is 0.352 e. The van der Waals surface area contributed by atoms with E-state index in [0.717, 1.165) is 33.7 Å². The second-order valence-electron chi connectivity index (χ2n) is 9.93. The lowest BCUT2D eigenvalue weighted by Gasteiger charge is -2.34. The van der Waals surface area contributed by atoms with Crippen molar-refractivity contribution in [2.75, 3.05) is 17.1 Å². The minimum atomic E-state index is -3.82. The van der Waals surface area contributed by atoms with Gasteiger partial charge in [0.25, 0.3) is 0 Å². The number of carbonyl (C=O) groups is 2. The van der Waals surface area contributed by atoms with E-state index in [1.54, 1.807) is 30.3 Å². The summed E-state index contributed by atoms with van der Waals surface area (Å²) in [6, 6.07) is 22.7. The average molecular weight is 584 g/mol. The third-order valence-electron chi connectivity index (χ3n) is 6.83. The molecule has 9 heteroatoms. The van der Waals surface area contributed by atoms with Crippen molar-refractivity contribution in [2.24, 2.45) is 0 Å². The lowest BCUT2D eigenvalue weighted by atomic mass is 10.0. The van der Waals surface area contributed by atoms with Crippen LogP contribution < -0.4 is 9.62 Å². The lowest BCUT2D eigenvalue weighted by molar-refractivity contribution is -0.140. The molecule has 7 nitrogen and oxygen atoms in total. The van der Waals surface area contributed by atoms with Crippen molar-refractivity contribution in [3.05, 3.63) is 101 Å². The zero-order chi connectivity index (χ0) is 29.3. The molecule has 0 saturated carbocycles. The summed E-state index contributed by atoms with van der Waals surface area (Å²) in [5.74, 6) is -0.787. The number of anilines is 1. The van der Waals surface area contributed by atoms with Gasteiger partial charge in [-0.25, -0.2) is 8.42 Å². The first-order valence-corrected chi connectivity index (χ1v) is 15.7. The summed E-state index contributed by atoms with van der Waals surface area (Å²) < 4.78 is 27.1. The first-order chi connectivity index (χ1) is 19.0. The minimum absolute atomic E-state index is 0.0812. The smallest absolute Gasteiger partial charge is 0.244 e. The number of amides is 2. The van der Waals surface area contributed by atoms with Crippen LogP contribution in [0, 0.1) is 0 Å². The number of nitrogens with one attached hydrogen (secondary N) is 1. The van der Waals surface area contributed by atoms with Crippen LogP contribution in [0.4, 0.5) is 5.69 Å². The number of sulfonamides is 1. The summed E-state index contributed by atoms with van der Waals surface area (Å²) in [5, 5.41) is 3.53. The van der Waals surface area contributed by atoms with Crippen LogP contribution in [-0.2, 0) is 39.0 Å². The Balaban J connectivity index is 2.08. The zero-order valence-corrected chi connectivity index (χ0v) is 25.1. The highest BCUT2D eigenvalue weighted by Gasteiger charge is 2.33. The molecule has 2 atom stereocenters. The molecule has 0 aliphatic carbocycles. The molecule has 0 unspecified atom stereocenters. The quantitative estimate of drug-likeness (QED) is 0.299. The van der Waals surface area contributed by atoms with Crippen molar-refractivity contribution in [2.45, 2.75) is 58.7 Å². The third kappa shape index (κ3) is 8.57. The summed E-state index contributed by atoms with van der Waals surface area (Å²) >= 11 is 6.25. The minimum Gasteiger partial charge on any atom is -0.352 e. The van der Waals surface area contributed by atoms with E-state index in [9.17, 15) is 18.0 Å². The van der Waals surface area contributed by atoms with Gasteiger partial charge in [-0.1, -0.05) is 86.1 Å². The second kappa shape index (κ2) is 14.3. The SMILES string of the molecule is CCc1ccccc1N(CC(=O)N(Cc1cccc(Cl)c1)[C@H](Cc1ccccc1)C(=O)N[C@@H](C)CC)S(C)(=O)=O. The van der Waals surface area contributed by atoms with E-state index in [0.29, 0.717) is 17.1 Å². The normalized spacial score (nSPS) is 12.8. The fourth-order valence-electron chi connectivity index (χ4n) is 4.47. The number of halogens is 1. The molecule has 0 spiro atoms. The number of para-hydroxylation sites is 1. The summed E-state index contributed by atoms with van der Waals surface area (Å²) in [6.07, 6.45) is 2.67. The first kappa shape index (κ1) is 31.2. The highest BCUT2D eigenvalue weighted by Crippen LogP contribution is 2.25. The maximum Gasteiger partial charge on any atom is 0.244 e. The number of hydrogen-bond acceptors (Lipinski definition) is 4. The Bertz CT molecular complexity index is 1400. The molecule has 1 N–H and O–H groups in total. The van der Waals surface area contributed by atoms with E-state index in [1.807, 2.05) is 69.3 Å². The van der Waals surface area contributed by atoms with E-state index >= 15 is 0 Å². The van der Waals surface area contributed by atoms with Gasteiger partial charge >= 0.3 is 0 Å². The number of rotatable bonds is 13. The molecular formula is C31H38ClN3O4S. The van der Waals surface area contributed by atoms with Crippen LogP contribution in [0.25, 0.3) is 0 Å². The van der Waals surface area contributed by atoms with Crippen LogP contribution >= 0.6 is 11.6 Å². The van der Waals surface area contributed by atoms with Crippen LogP contribution in [-0.4, -0.2) is 50.0 Å². The Morgan fingerprint density at radius 3 is 2.20 bits per heavy atom. The van der Waals surface area contributed by atoms with E-state index in [4.69, 9.17) is 11.6 Å². The van der Waals surface area contributed by atoms with Crippen LogP contribution in [0.1, 0.15) is 43.9 Å². The van der Waals surface area contributed by atoms with Crippen LogP contribution in [0.5, 0.6) is 0 Å². The molecule has 0 aliphatic heterocycles. The van der Waals surface area contributed by atoms with Gasteiger partial charge in [-0.15, -0.1) is 0 Å². The number of hydrogen-bond donors (Lipinski definition) is 1. The molecule has 0 fully saturated rings. The van der Waals surface area contributed by atoms with E-state index < -0.39 is 28.5 Å². The van der Waals surface area contributed by atoms with Gasteiger partial charge in [0.15, 0.2) is 0 Å². The molecule has 0 radical (unpaired) electrons. The highest BCUT2D eigenvalue weighted by atomic mass is 35.5. The average Bonchev–Trinajstić information content (AvgIpc) is 2.93. The van der Waals surface area contributed by atoms with Crippen molar-refractivity contribution in [3.8, 4) is 0 Å². The van der Waals surface area contributed by atoms with Gasteiger partial charge in [-0.05, 0) is 54.7 Å². The fourth-order valence-corrected chi connectivity index (χ4v) is 5.57. The van der Waals surface area contributed by atoms with E-state index in [1.165, 1.54) is 4.90 Å². The Kier molecular flexibility index (Phi) is 11.2. The molecule has 0 bridgehead atoms. The van der Waals surface area contributed by atoms with Crippen molar-refractivity contribution >= 4 is 39.1 Å². The molecule has 40 heavy (non-hydrogen) atoms. The number of aryl methyl sites for hydroxylation is 1. The molecule has 0 heterocycles. The van der Waals surface area contributed by atoms with Crippen molar-refractivity contribution in [1.82, 2.24) is 10.2 Å². The molecule has 0 saturated heterocycles. The fraction of sp³-hybridized carbons (Fsp3) is 0.355. The van der Waals surface area contributed by atoms with Gasteiger partial charge in [0, 0.05) is 24.0 Å². The molecule has 3 aromatic rings. The Hall–Kier alpha value is -3.36. The number of benzene rings is 3. The van der Waals surface area contributed by atoms with Crippen molar-refractivity contribution in [3.63, 3.8) is 0 Å². The predicted octanol–water partition coefficient (Wildman–Crippen LogP) is 5.22. The molecule has 0 aliphatic rings. The van der Waals surface area contributed by atoms with Crippen molar-refractivity contribution in [1.29, 1.82) is 0 Å². The second-order valence-corrected chi connectivity index (χ2v) is 12.3. The van der Waals surface area contributed by atoms with Crippen LogP contribution in [0.3, 0.4) is 0 Å². The molecule has 0 aromatic heterocycles. The van der Waals surface area contributed by atoms with Gasteiger partial charge in [-0.3, -0.25) is 13.9 Å². The maximum absolute atomic E-state index is 14.2. The maximum atomic E-state index is 14.2. The standard InChI is InChI=1S/C31H38ClN3O4S/c1-5-23(3)33-31(37)29(20-24-13-8-7-9-14-24)34(21-25-15-12-17-27(32)19-25)30(36)22-35(40(4,38)39)28-18-11-10-16-26(28)6-2/h7-19,23,29H,5-6,20-22H2,1-4H3,(H,33,37)/t23-,29+/m0/s1. The Labute approximate surface area is 243 Å². The number of nitrogens with zero attached hydrogens (tertiary/aromatic N) is 2. The summed E-state index contributed by atoms with van der Waals surface area (Å²) in [7, 11) is -3.82. The Morgan fingerprint density at radius 2 is 1.57 bits per heavy atom. The highest BCUT2D eigenvalue weighted by molar-refractivity contribution is 7.92. The van der Waals surface area contributed by atoms with Crippen LogP contribution in [0.15, 0.2) is 78.9 Å². The molecule has 2 amide bonds. The predicted molar refractivity (Wildman–Crippen MR) is 162 cm³/mol. The van der Waals surface area contributed by atoms with Gasteiger partial charge in [0.05, 0.1) is 11.9 Å². The van der Waals surface area contributed by atoms with Gasteiger partial charge in [0.1, 0.15) is 12.6 Å². The van der Waals surface area contributed by atoms with Crippen LogP contribution in [0.2, 0.25) is 5.02 Å². The summed E-state index contributed by atoms with van der Waals surface area (Å²) in [6.45, 7) is 5.45. The third-order valence-corrected chi connectivity index (χ3v) is 8.20. The Morgan fingerprint density at radius 1 is 0.925 bits per heavy atom. The number of carbonyl (C=O) groups excluding carboxylic acids is 2. The van der Waals surface area contributed by atoms with Gasteiger partial charge < -0.3 is 10.2 Å². The monoisotopic (exact) mass is 583 g/mol. The van der Waals surface area contributed by atoms with Gasteiger partial charge in [0.2, 0.25) is 21.8 Å². The summed E-state index contributed by atoms with van der Waals surface area (Å²) in [5.41, 5.74) is 2.87. The summed E-state index contributed by atoms with van der Waals surface area (Å²) in [4.78, 5) is 29.3.